The molecule has 0 spiro atoms. The Morgan fingerprint density at radius 3 is 2.96 bits per heavy atom. The van der Waals surface area contributed by atoms with Crippen LogP contribution < -0.4 is 10.1 Å². The molecule has 1 unspecified atom stereocenters. The van der Waals surface area contributed by atoms with Crippen molar-refractivity contribution >= 4 is 23.6 Å². The first kappa shape index (κ1) is 18.6. The lowest BCUT2D eigenvalue weighted by molar-refractivity contribution is -0.138. The van der Waals surface area contributed by atoms with Crippen LogP contribution in [0.3, 0.4) is 0 Å². The minimum Gasteiger partial charge on any atom is -0.496 e. The van der Waals surface area contributed by atoms with Crippen molar-refractivity contribution in [3.8, 4) is 5.75 Å². The van der Waals surface area contributed by atoms with Gasteiger partial charge in [0.05, 0.1) is 13.0 Å². The summed E-state index contributed by atoms with van der Waals surface area (Å²) in [6, 6.07) is 7.69. The van der Waals surface area contributed by atoms with E-state index in [4.69, 9.17) is 4.74 Å². The van der Waals surface area contributed by atoms with Crippen molar-refractivity contribution in [2.24, 2.45) is 5.92 Å². The van der Waals surface area contributed by atoms with E-state index in [9.17, 15) is 9.59 Å². The van der Waals surface area contributed by atoms with Gasteiger partial charge in [0.25, 0.3) is 0 Å². The average molecular weight is 350 g/mol. The van der Waals surface area contributed by atoms with Crippen LogP contribution in [0.4, 0.5) is 0 Å². The monoisotopic (exact) mass is 350 g/mol. The Kier molecular flexibility index (Phi) is 7.43. The van der Waals surface area contributed by atoms with Crippen molar-refractivity contribution < 1.29 is 14.3 Å². The van der Waals surface area contributed by atoms with Crippen LogP contribution in [0.25, 0.3) is 0 Å². The van der Waals surface area contributed by atoms with E-state index in [0.29, 0.717) is 32.5 Å². The highest BCUT2D eigenvalue weighted by Gasteiger charge is 2.30. The number of piperidine rings is 1. The first-order chi connectivity index (χ1) is 11.7. The average Bonchev–Trinajstić information content (AvgIpc) is 2.61. The number of hydrogen-bond donors (Lipinski definition) is 1. The highest BCUT2D eigenvalue weighted by atomic mass is 32.2. The van der Waals surface area contributed by atoms with Gasteiger partial charge < -0.3 is 15.0 Å². The zero-order chi connectivity index (χ0) is 17.4. The van der Waals surface area contributed by atoms with E-state index in [1.165, 1.54) is 0 Å². The Bertz CT molecular complexity index is 565. The first-order valence-corrected chi connectivity index (χ1v) is 9.71. The normalized spacial score (nSPS) is 17.7. The molecule has 1 atom stereocenters. The molecule has 0 saturated carbocycles. The van der Waals surface area contributed by atoms with Gasteiger partial charge in [-0.3, -0.25) is 9.59 Å². The Morgan fingerprint density at radius 1 is 1.42 bits per heavy atom. The number of hydrogen-bond acceptors (Lipinski definition) is 4. The number of rotatable bonds is 8. The van der Waals surface area contributed by atoms with Crippen LogP contribution in [0.15, 0.2) is 24.3 Å². The van der Waals surface area contributed by atoms with E-state index in [2.05, 4.69) is 11.6 Å². The van der Waals surface area contributed by atoms with E-state index in [1.807, 2.05) is 24.3 Å². The number of thioether (sulfide) groups is 1. The summed E-state index contributed by atoms with van der Waals surface area (Å²) >= 11 is 1.78. The summed E-state index contributed by atoms with van der Waals surface area (Å²) in [5.74, 6) is 1.87. The highest BCUT2D eigenvalue weighted by molar-refractivity contribution is 7.98. The number of nitrogens with zero attached hydrogens (tertiary/aromatic N) is 1. The topological polar surface area (TPSA) is 58.6 Å². The molecule has 1 N–H and O–H groups in total. The fourth-order valence-corrected chi connectivity index (χ4v) is 3.33. The number of methoxy groups -OCH3 is 1. The number of carbonyl (C=O) groups excluding carboxylic acids is 2. The molecule has 1 saturated heterocycles. The molecule has 0 bridgehead atoms. The fraction of sp³-hybridized carbons (Fsp3) is 0.556. The number of likely N-dealkylation sites (tertiary alicyclic amines) is 1. The van der Waals surface area contributed by atoms with Gasteiger partial charge in [0, 0.05) is 31.6 Å². The van der Waals surface area contributed by atoms with Crippen molar-refractivity contribution in [1.29, 1.82) is 0 Å². The van der Waals surface area contributed by atoms with Crippen molar-refractivity contribution in [2.45, 2.75) is 25.8 Å². The van der Waals surface area contributed by atoms with Crippen LogP contribution in [0.5, 0.6) is 5.75 Å². The lowest BCUT2D eigenvalue weighted by Gasteiger charge is -2.32. The van der Waals surface area contributed by atoms with E-state index in [-0.39, 0.29) is 17.7 Å². The molecule has 132 valence electrons. The molecule has 1 heterocycles. The van der Waals surface area contributed by atoms with Crippen molar-refractivity contribution in [3.63, 3.8) is 0 Å². The molecule has 24 heavy (non-hydrogen) atoms. The smallest absolute Gasteiger partial charge is 0.224 e. The fourth-order valence-electron chi connectivity index (χ4n) is 2.89. The summed E-state index contributed by atoms with van der Waals surface area (Å²) in [6.45, 7) is 1.67. The number of nitrogens with one attached hydrogen (secondary N) is 1. The molecule has 0 aromatic heterocycles. The summed E-state index contributed by atoms with van der Waals surface area (Å²) in [5, 5.41) is 2.99. The van der Waals surface area contributed by atoms with Gasteiger partial charge in [0.1, 0.15) is 5.75 Å². The highest BCUT2D eigenvalue weighted by Crippen LogP contribution is 2.24. The van der Waals surface area contributed by atoms with Crippen molar-refractivity contribution in [1.82, 2.24) is 10.2 Å². The maximum atomic E-state index is 12.3. The summed E-state index contributed by atoms with van der Waals surface area (Å²) in [4.78, 5) is 26.3. The van der Waals surface area contributed by atoms with Gasteiger partial charge in [-0.05, 0) is 30.9 Å². The first-order valence-electron chi connectivity index (χ1n) is 8.32. The number of amides is 2. The molecule has 5 nitrogen and oxygen atoms in total. The zero-order valence-electron chi connectivity index (χ0n) is 14.4. The zero-order valence-corrected chi connectivity index (χ0v) is 15.2. The molecular weight excluding hydrogens is 324 g/mol. The lowest BCUT2D eigenvalue weighted by Crippen LogP contribution is -2.45. The summed E-state index contributed by atoms with van der Waals surface area (Å²) in [6.07, 6.45) is 4.10. The Labute approximate surface area is 148 Å². The van der Waals surface area contributed by atoms with Crippen LogP contribution in [0, 0.1) is 5.92 Å². The van der Waals surface area contributed by atoms with E-state index in [1.54, 1.807) is 23.8 Å². The van der Waals surface area contributed by atoms with Gasteiger partial charge in [0.15, 0.2) is 0 Å². The maximum absolute atomic E-state index is 12.3. The van der Waals surface area contributed by atoms with Crippen LogP contribution in [-0.2, 0) is 16.1 Å². The third-order valence-electron chi connectivity index (χ3n) is 4.25. The second kappa shape index (κ2) is 9.57. The van der Waals surface area contributed by atoms with Crippen LogP contribution in [-0.4, -0.2) is 48.9 Å². The quantitative estimate of drug-likeness (QED) is 0.731. The van der Waals surface area contributed by atoms with Gasteiger partial charge in [-0.1, -0.05) is 18.2 Å². The van der Waals surface area contributed by atoms with Gasteiger partial charge in [-0.25, -0.2) is 0 Å². The van der Waals surface area contributed by atoms with E-state index < -0.39 is 0 Å². The number of para-hydroxylation sites is 1. The molecule has 2 amide bonds. The second-order valence-electron chi connectivity index (χ2n) is 5.96. The summed E-state index contributed by atoms with van der Waals surface area (Å²) < 4.78 is 5.35. The molecule has 6 heteroatoms. The van der Waals surface area contributed by atoms with Crippen LogP contribution >= 0.6 is 11.8 Å². The Balaban J connectivity index is 1.93. The van der Waals surface area contributed by atoms with Crippen LogP contribution in [0.1, 0.15) is 24.8 Å². The number of carbonyl (C=O) groups is 2. The van der Waals surface area contributed by atoms with Gasteiger partial charge in [-0.15, -0.1) is 0 Å². The molecule has 1 fully saturated rings. The molecule has 1 aliphatic rings. The molecule has 0 aliphatic carbocycles. The molecule has 1 aliphatic heterocycles. The summed E-state index contributed by atoms with van der Waals surface area (Å²) in [7, 11) is 1.63. The predicted octanol–water partition coefficient (Wildman–Crippen LogP) is 2.30. The minimum absolute atomic E-state index is 0.0635. The van der Waals surface area contributed by atoms with E-state index >= 15 is 0 Å². The standard InChI is InChI=1S/C18H26N2O3S/c1-23-16-7-4-3-6-14(16)12-20-13-15(8-9-17(20)21)18(22)19-10-5-11-24-2/h3-4,6-7,15H,5,8-13H2,1-2H3,(H,19,22). The molecular formula is C18H26N2O3S. The Morgan fingerprint density at radius 2 is 2.21 bits per heavy atom. The van der Waals surface area contributed by atoms with Gasteiger partial charge in [0.2, 0.25) is 11.8 Å². The lowest BCUT2D eigenvalue weighted by atomic mass is 9.96. The van der Waals surface area contributed by atoms with Gasteiger partial charge >= 0.3 is 0 Å². The van der Waals surface area contributed by atoms with E-state index in [0.717, 1.165) is 23.5 Å². The van der Waals surface area contributed by atoms with Gasteiger partial charge in [-0.2, -0.15) is 11.8 Å². The third-order valence-corrected chi connectivity index (χ3v) is 4.95. The second-order valence-corrected chi connectivity index (χ2v) is 6.94. The number of benzene rings is 1. The third kappa shape index (κ3) is 5.16. The molecule has 0 radical (unpaired) electrons. The van der Waals surface area contributed by atoms with Crippen molar-refractivity contribution in [3.05, 3.63) is 29.8 Å². The summed E-state index contributed by atoms with van der Waals surface area (Å²) in [5.41, 5.74) is 0.967. The SMILES string of the molecule is COc1ccccc1CN1CC(C(=O)NCCCSC)CCC1=O. The molecule has 2 rings (SSSR count). The minimum atomic E-state index is -0.119. The Hall–Kier alpha value is -1.69. The molecule has 1 aromatic carbocycles. The maximum Gasteiger partial charge on any atom is 0.224 e. The number of ether oxygens (including phenoxy) is 1. The predicted molar refractivity (Wildman–Crippen MR) is 97.1 cm³/mol. The largest absolute Gasteiger partial charge is 0.496 e. The van der Waals surface area contributed by atoms with Crippen molar-refractivity contribution in [2.75, 3.05) is 32.2 Å². The van der Waals surface area contributed by atoms with Crippen LogP contribution in [0.2, 0.25) is 0 Å². The molecule has 1 aromatic rings.